The lowest BCUT2D eigenvalue weighted by molar-refractivity contribution is -0.125. The quantitative estimate of drug-likeness (QED) is 0.0775. The number of sulfonamides is 1. The number of hydrogen-bond acceptors (Lipinski definition) is 10. The maximum absolute atomic E-state index is 14.1. The molecule has 1 aliphatic carbocycles. The standard InChI is InChI=1S/C38H51N5O8S/c1-4-27(2)36(42-38(46)51-26-32-16-10-15-31(40-32)25-50-3)37(45)41-34(21-28-11-6-5-7-12-28)35(44)24-43(23-30-13-8-9-14-30)52(48,49)33-19-17-29(18-20-33)22-39-47/h5-7,10-12,15-20,22,27,30,34-36,44,47H,4,8-9,13-14,21,23-26H2,1-3H3,(H,41,45)(H,42,46)/b39-22+/t27-,34-,35+,36-/m0/s1. The number of amides is 2. The fraction of sp³-hybridized carbons (Fsp3) is 0.474. The van der Waals surface area contributed by atoms with E-state index in [0.29, 0.717) is 30.0 Å². The topological polar surface area (TPSA) is 180 Å². The molecule has 4 atom stereocenters. The summed E-state index contributed by atoms with van der Waals surface area (Å²) < 4.78 is 40.0. The molecule has 4 rings (SSSR count). The molecular formula is C38H51N5O8S. The lowest BCUT2D eigenvalue weighted by Crippen LogP contribution is -2.57. The molecule has 1 aromatic heterocycles. The van der Waals surface area contributed by atoms with Gasteiger partial charge in [0.15, 0.2) is 0 Å². The van der Waals surface area contributed by atoms with Crippen LogP contribution in [0.4, 0.5) is 4.79 Å². The summed E-state index contributed by atoms with van der Waals surface area (Å²) in [6, 6.07) is 18.7. The average molecular weight is 738 g/mol. The van der Waals surface area contributed by atoms with Crippen molar-refractivity contribution in [3.05, 3.63) is 95.3 Å². The van der Waals surface area contributed by atoms with Gasteiger partial charge < -0.3 is 30.4 Å². The van der Waals surface area contributed by atoms with Crippen LogP contribution in [0.15, 0.2) is 82.8 Å². The van der Waals surface area contributed by atoms with Gasteiger partial charge in [0.05, 0.1) is 41.3 Å². The molecule has 1 aliphatic rings. The molecule has 2 aromatic carbocycles. The van der Waals surface area contributed by atoms with E-state index in [1.54, 1.807) is 25.3 Å². The first-order valence-corrected chi connectivity index (χ1v) is 19.1. The van der Waals surface area contributed by atoms with Crippen LogP contribution in [0.25, 0.3) is 0 Å². The van der Waals surface area contributed by atoms with Crippen molar-refractivity contribution in [2.24, 2.45) is 17.0 Å². The number of aliphatic hydroxyl groups is 1. The zero-order valence-electron chi connectivity index (χ0n) is 30.1. The second kappa shape index (κ2) is 20.0. The summed E-state index contributed by atoms with van der Waals surface area (Å²) >= 11 is 0. The number of nitrogens with zero attached hydrogens (tertiary/aromatic N) is 3. The third-order valence-corrected chi connectivity index (χ3v) is 11.3. The summed E-state index contributed by atoms with van der Waals surface area (Å²) in [7, 11) is -2.50. The highest BCUT2D eigenvalue weighted by atomic mass is 32.2. The zero-order valence-corrected chi connectivity index (χ0v) is 30.9. The number of rotatable bonds is 19. The molecule has 2 amide bonds. The van der Waals surface area contributed by atoms with Crippen LogP contribution < -0.4 is 10.6 Å². The highest BCUT2D eigenvalue weighted by molar-refractivity contribution is 7.89. The van der Waals surface area contributed by atoms with Crippen LogP contribution in [-0.4, -0.2) is 84.6 Å². The van der Waals surface area contributed by atoms with Gasteiger partial charge in [-0.25, -0.2) is 13.2 Å². The minimum Gasteiger partial charge on any atom is -0.443 e. The molecule has 52 heavy (non-hydrogen) atoms. The molecule has 0 bridgehead atoms. The van der Waals surface area contributed by atoms with Gasteiger partial charge in [-0.1, -0.05) is 86.8 Å². The Morgan fingerprint density at radius 1 is 1.00 bits per heavy atom. The van der Waals surface area contributed by atoms with Crippen molar-refractivity contribution < 1.29 is 37.8 Å². The fourth-order valence-corrected chi connectivity index (χ4v) is 7.84. The van der Waals surface area contributed by atoms with Crippen molar-refractivity contribution in [2.75, 3.05) is 20.2 Å². The number of hydrogen-bond donors (Lipinski definition) is 4. The van der Waals surface area contributed by atoms with E-state index in [0.717, 1.165) is 31.2 Å². The monoisotopic (exact) mass is 737 g/mol. The van der Waals surface area contributed by atoms with Crippen LogP contribution in [0.3, 0.4) is 0 Å². The second-order valence-corrected chi connectivity index (χ2v) is 15.2. The van der Waals surface area contributed by atoms with Gasteiger partial charge in [-0.15, -0.1) is 0 Å². The van der Waals surface area contributed by atoms with Gasteiger partial charge >= 0.3 is 6.09 Å². The number of methoxy groups -OCH3 is 1. The van der Waals surface area contributed by atoms with Crippen LogP contribution in [0, 0.1) is 11.8 Å². The normalized spacial score (nSPS) is 16.0. The average Bonchev–Trinajstić information content (AvgIpc) is 3.66. The van der Waals surface area contributed by atoms with Gasteiger partial charge in [0.2, 0.25) is 15.9 Å². The van der Waals surface area contributed by atoms with Gasteiger partial charge in [-0.3, -0.25) is 9.78 Å². The van der Waals surface area contributed by atoms with E-state index in [1.807, 2.05) is 44.2 Å². The maximum Gasteiger partial charge on any atom is 0.408 e. The molecule has 3 aromatic rings. The summed E-state index contributed by atoms with van der Waals surface area (Å²) in [4.78, 5) is 31.4. The Labute approximate surface area is 306 Å². The van der Waals surface area contributed by atoms with E-state index >= 15 is 0 Å². The van der Waals surface area contributed by atoms with Crippen molar-refractivity contribution in [3.8, 4) is 0 Å². The number of nitrogens with one attached hydrogen (secondary N) is 2. The summed E-state index contributed by atoms with van der Waals surface area (Å²) in [5.74, 6) is -0.700. The summed E-state index contributed by atoms with van der Waals surface area (Å²) in [5.41, 5.74) is 2.56. The van der Waals surface area contributed by atoms with Gasteiger partial charge in [0.25, 0.3) is 0 Å². The van der Waals surface area contributed by atoms with Crippen LogP contribution >= 0.6 is 0 Å². The molecule has 0 aliphatic heterocycles. The molecule has 0 spiro atoms. The molecule has 4 N–H and O–H groups in total. The highest BCUT2D eigenvalue weighted by Crippen LogP contribution is 2.28. The van der Waals surface area contributed by atoms with Crippen LogP contribution in [0.5, 0.6) is 0 Å². The Morgan fingerprint density at radius 2 is 1.67 bits per heavy atom. The van der Waals surface area contributed by atoms with Crippen molar-refractivity contribution in [1.82, 2.24) is 19.9 Å². The van der Waals surface area contributed by atoms with Gasteiger partial charge in [-0.2, -0.15) is 4.31 Å². The van der Waals surface area contributed by atoms with Crippen molar-refractivity contribution in [1.29, 1.82) is 0 Å². The third kappa shape index (κ3) is 11.8. The van der Waals surface area contributed by atoms with Crippen molar-refractivity contribution in [3.63, 3.8) is 0 Å². The minimum absolute atomic E-state index is 0.0385. The molecule has 0 unspecified atom stereocenters. The van der Waals surface area contributed by atoms with Crippen LogP contribution in [-0.2, 0) is 43.9 Å². The number of carbonyl (C=O) groups is 2. The first-order valence-electron chi connectivity index (χ1n) is 17.7. The van der Waals surface area contributed by atoms with Gasteiger partial charge in [0.1, 0.15) is 12.6 Å². The number of aromatic nitrogens is 1. The molecule has 1 saturated carbocycles. The maximum atomic E-state index is 14.1. The van der Waals surface area contributed by atoms with E-state index in [4.69, 9.17) is 14.7 Å². The molecule has 0 saturated heterocycles. The molecular weight excluding hydrogens is 687 g/mol. The van der Waals surface area contributed by atoms with E-state index in [2.05, 4.69) is 20.8 Å². The molecule has 13 nitrogen and oxygen atoms in total. The van der Waals surface area contributed by atoms with Crippen molar-refractivity contribution in [2.45, 2.75) is 88.7 Å². The van der Waals surface area contributed by atoms with Crippen LogP contribution in [0.2, 0.25) is 0 Å². The number of aliphatic hydroxyl groups excluding tert-OH is 1. The summed E-state index contributed by atoms with van der Waals surface area (Å²) in [5, 5.41) is 29.4. The Balaban J connectivity index is 1.54. The Hall–Kier alpha value is -4.37. The van der Waals surface area contributed by atoms with Crippen molar-refractivity contribution >= 4 is 28.2 Å². The number of oxime groups is 1. The van der Waals surface area contributed by atoms with Gasteiger partial charge in [-0.05, 0) is 66.5 Å². The molecule has 1 fully saturated rings. The fourth-order valence-electron chi connectivity index (χ4n) is 6.30. The van der Waals surface area contributed by atoms with E-state index in [9.17, 15) is 23.1 Å². The first kappa shape index (κ1) is 40.4. The highest BCUT2D eigenvalue weighted by Gasteiger charge is 2.35. The van der Waals surface area contributed by atoms with E-state index in [-0.39, 0.29) is 42.8 Å². The number of carbonyl (C=O) groups excluding carboxylic acids is 2. The lowest BCUT2D eigenvalue weighted by atomic mass is 9.96. The third-order valence-electron chi connectivity index (χ3n) is 9.42. The molecule has 0 radical (unpaired) electrons. The predicted octanol–water partition coefficient (Wildman–Crippen LogP) is 4.65. The predicted molar refractivity (Wildman–Crippen MR) is 196 cm³/mol. The summed E-state index contributed by atoms with van der Waals surface area (Å²) in [6.45, 7) is 3.87. The Morgan fingerprint density at radius 3 is 2.31 bits per heavy atom. The van der Waals surface area contributed by atoms with Crippen LogP contribution in [0.1, 0.15) is 68.5 Å². The largest absolute Gasteiger partial charge is 0.443 e. The molecule has 282 valence electrons. The SMILES string of the molecule is CC[C@H](C)[C@H](NC(=O)OCc1cccc(COC)n1)C(=O)N[C@@H](Cc1ccccc1)[C@H](O)CN(CC1CCCC1)S(=O)(=O)c1ccc(/C=N/O)cc1. The Bertz CT molecular complexity index is 1700. The number of benzene rings is 2. The smallest absolute Gasteiger partial charge is 0.408 e. The number of pyridine rings is 1. The number of alkyl carbamates (subject to hydrolysis) is 1. The van der Waals surface area contributed by atoms with E-state index in [1.165, 1.54) is 34.8 Å². The first-order chi connectivity index (χ1) is 25.0. The molecule has 14 heteroatoms. The number of ether oxygens (including phenoxy) is 2. The lowest BCUT2D eigenvalue weighted by Gasteiger charge is -2.32. The Kier molecular flexibility index (Phi) is 15.6. The minimum atomic E-state index is -4.07. The van der Waals surface area contributed by atoms with Gasteiger partial charge in [0, 0.05) is 20.2 Å². The summed E-state index contributed by atoms with van der Waals surface area (Å²) in [6.07, 6.45) is 3.63. The van der Waals surface area contributed by atoms with E-state index < -0.39 is 40.2 Å². The second-order valence-electron chi connectivity index (χ2n) is 13.3. The molecule has 1 heterocycles. The zero-order chi connectivity index (χ0) is 37.5.